The molecule has 4 nitrogen and oxygen atoms in total. The molecular formula is C13H21NO3S. The molecule has 0 aliphatic heterocycles. The van der Waals surface area contributed by atoms with Gasteiger partial charge in [0.15, 0.2) is 0 Å². The lowest BCUT2D eigenvalue weighted by molar-refractivity contribution is 0.281. The van der Waals surface area contributed by atoms with Gasteiger partial charge in [0.1, 0.15) is 0 Å². The molecule has 0 aliphatic carbocycles. The van der Waals surface area contributed by atoms with Crippen molar-refractivity contribution in [2.75, 3.05) is 20.2 Å². The van der Waals surface area contributed by atoms with Gasteiger partial charge >= 0.3 is 0 Å². The highest BCUT2D eigenvalue weighted by Gasteiger charge is 2.19. The predicted octanol–water partition coefficient (Wildman–Crippen LogP) is 1.78. The number of hydrogen-bond donors (Lipinski definition) is 1. The van der Waals surface area contributed by atoms with Crippen LogP contribution in [0.4, 0.5) is 0 Å². The number of rotatable bonds is 7. The van der Waals surface area contributed by atoms with E-state index in [4.69, 9.17) is 5.11 Å². The Morgan fingerprint density at radius 3 is 2.28 bits per heavy atom. The number of nitrogens with zero attached hydrogens (tertiary/aromatic N) is 1. The van der Waals surface area contributed by atoms with Gasteiger partial charge in [-0.25, -0.2) is 12.7 Å². The maximum Gasteiger partial charge on any atom is 0.242 e. The molecule has 1 rings (SSSR count). The fourth-order valence-electron chi connectivity index (χ4n) is 1.63. The summed E-state index contributed by atoms with van der Waals surface area (Å²) >= 11 is 0. The van der Waals surface area contributed by atoms with Gasteiger partial charge < -0.3 is 5.11 Å². The largest absolute Gasteiger partial charge is 0.396 e. The van der Waals surface area contributed by atoms with Gasteiger partial charge in [0.25, 0.3) is 0 Å². The zero-order chi connectivity index (χ0) is 13.6. The molecule has 0 atom stereocenters. The Bertz CT molecular complexity index is 454. The van der Waals surface area contributed by atoms with E-state index in [0.717, 1.165) is 24.8 Å². The Hall–Kier alpha value is -0.910. The molecule has 0 bridgehead atoms. The lowest BCUT2D eigenvalue weighted by Gasteiger charge is -2.17. The van der Waals surface area contributed by atoms with Crippen molar-refractivity contribution in [2.45, 2.75) is 31.1 Å². The molecule has 0 spiro atoms. The average Bonchev–Trinajstić information content (AvgIpc) is 2.35. The first-order valence-corrected chi connectivity index (χ1v) is 7.56. The van der Waals surface area contributed by atoms with Crippen molar-refractivity contribution in [1.29, 1.82) is 0 Å². The highest BCUT2D eigenvalue weighted by atomic mass is 32.2. The first kappa shape index (κ1) is 15.1. The van der Waals surface area contributed by atoms with Crippen LogP contribution in [-0.4, -0.2) is 38.0 Å². The molecule has 0 aliphatic rings. The number of aliphatic hydroxyl groups excluding tert-OH is 1. The van der Waals surface area contributed by atoms with Crippen molar-refractivity contribution in [3.63, 3.8) is 0 Å². The second-order valence-electron chi connectivity index (χ2n) is 4.42. The SMILES string of the molecule is Cc1ccc(S(=O)(=O)N(C)CCCCCO)cc1. The Kier molecular flexibility index (Phi) is 5.78. The molecule has 0 heterocycles. The molecule has 0 saturated carbocycles. The van der Waals surface area contributed by atoms with Crippen molar-refractivity contribution in [3.8, 4) is 0 Å². The fourth-order valence-corrected chi connectivity index (χ4v) is 2.84. The molecule has 0 fully saturated rings. The van der Waals surface area contributed by atoms with E-state index in [1.165, 1.54) is 4.31 Å². The predicted molar refractivity (Wildman–Crippen MR) is 71.9 cm³/mol. The summed E-state index contributed by atoms with van der Waals surface area (Å²) in [5, 5.41) is 8.66. The highest BCUT2D eigenvalue weighted by molar-refractivity contribution is 7.89. The monoisotopic (exact) mass is 271 g/mol. The van der Waals surface area contributed by atoms with E-state index in [1.807, 2.05) is 6.92 Å². The van der Waals surface area contributed by atoms with Crippen LogP contribution < -0.4 is 0 Å². The third kappa shape index (κ3) is 4.08. The maximum atomic E-state index is 12.2. The molecule has 0 radical (unpaired) electrons. The van der Waals surface area contributed by atoms with Crippen LogP contribution in [0.5, 0.6) is 0 Å². The van der Waals surface area contributed by atoms with E-state index < -0.39 is 10.0 Å². The molecule has 18 heavy (non-hydrogen) atoms. The molecule has 5 heteroatoms. The molecule has 0 saturated heterocycles. The number of benzene rings is 1. The smallest absolute Gasteiger partial charge is 0.242 e. The van der Waals surface area contributed by atoms with Crippen molar-refractivity contribution in [1.82, 2.24) is 4.31 Å². The van der Waals surface area contributed by atoms with Crippen LogP contribution in [0.2, 0.25) is 0 Å². The first-order chi connectivity index (χ1) is 8.48. The van der Waals surface area contributed by atoms with Crippen LogP contribution in [0, 0.1) is 6.92 Å². The van der Waals surface area contributed by atoms with Crippen LogP contribution in [0.1, 0.15) is 24.8 Å². The Balaban J connectivity index is 2.65. The fraction of sp³-hybridized carbons (Fsp3) is 0.538. The number of aryl methyl sites for hydroxylation is 1. The summed E-state index contributed by atoms with van der Waals surface area (Å²) in [5.74, 6) is 0. The van der Waals surface area contributed by atoms with Gasteiger partial charge in [-0.1, -0.05) is 17.7 Å². The van der Waals surface area contributed by atoms with Crippen molar-refractivity contribution in [2.24, 2.45) is 0 Å². The highest BCUT2D eigenvalue weighted by Crippen LogP contribution is 2.15. The first-order valence-electron chi connectivity index (χ1n) is 6.12. The van der Waals surface area contributed by atoms with Crippen LogP contribution in [0.15, 0.2) is 29.2 Å². The lowest BCUT2D eigenvalue weighted by atomic mass is 10.2. The minimum atomic E-state index is -3.37. The summed E-state index contributed by atoms with van der Waals surface area (Å²) in [6, 6.07) is 6.86. The molecule has 0 unspecified atom stereocenters. The van der Waals surface area contributed by atoms with Gasteiger partial charge in [0, 0.05) is 20.2 Å². The second-order valence-corrected chi connectivity index (χ2v) is 6.47. The van der Waals surface area contributed by atoms with E-state index in [1.54, 1.807) is 31.3 Å². The molecular weight excluding hydrogens is 250 g/mol. The van der Waals surface area contributed by atoms with E-state index in [2.05, 4.69) is 0 Å². The average molecular weight is 271 g/mol. The van der Waals surface area contributed by atoms with Crippen molar-refractivity contribution >= 4 is 10.0 Å². The molecule has 0 amide bonds. The topological polar surface area (TPSA) is 57.6 Å². The Morgan fingerprint density at radius 1 is 1.11 bits per heavy atom. The van der Waals surface area contributed by atoms with Gasteiger partial charge in [-0.05, 0) is 38.3 Å². The number of hydrogen-bond acceptors (Lipinski definition) is 3. The normalized spacial score (nSPS) is 12.0. The zero-order valence-corrected chi connectivity index (χ0v) is 11.8. The maximum absolute atomic E-state index is 12.2. The third-order valence-corrected chi connectivity index (χ3v) is 4.73. The summed E-state index contributed by atoms with van der Waals surface area (Å²) in [6.45, 7) is 2.57. The van der Waals surface area contributed by atoms with E-state index >= 15 is 0 Å². The number of aliphatic hydroxyl groups is 1. The van der Waals surface area contributed by atoms with Crippen LogP contribution in [0.3, 0.4) is 0 Å². The standard InChI is InChI=1S/C13H21NO3S/c1-12-6-8-13(9-7-12)18(16,17)14(2)10-4-3-5-11-15/h6-9,15H,3-5,10-11H2,1-2H3. The summed E-state index contributed by atoms with van der Waals surface area (Å²) in [7, 11) is -1.78. The minimum Gasteiger partial charge on any atom is -0.396 e. The van der Waals surface area contributed by atoms with Gasteiger partial charge in [-0.2, -0.15) is 0 Å². The third-order valence-electron chi connectivity index (χ3n) is 2.86. The summed E-state index contributed by atoms with van der Waals surface area (Å²) in [4.78, 5) is 0.331. The molecule has 102 valence electrons. The molecule has 0 aromatic heterocycles. The quantitative estimate of drug-likeness (QED) is 0.769. The number of unbranched alkanes of at least 4 members (excludes halogenated alkanes) is 2. The second kappa shape index (κ2) is 6.87. The minimum absolute atomic E-state index is 0.161. The summed E-state index contributed by atoms with van der Waals surface area (Å²) in [6.07, 6.45) is 2.32. The van der Waals surface area contributed by atoms with Crippen LogP contribution in [0.25, 0.3) is 0 Å². The molecule has 1 aromatic rings. The Morgan fingerprint density at radius 2 is 1.72 bits per heavy atom. The number of sulfonamides is 1. The van der Waals surface area contributed by atoms with Crippen molar-refractivity contribution < 1.29 is 13.5 Å². The van der Waals surface area contributed by atoms with Crippen molar-refractivity contribution in [3.05, 3.63) is 29.8 Å². The molecule has 1 aromatic carbocycles. The van der Waals surface area contributed by atoms with Gasteiger partial charge in [-0.15, -0.1) is 0 Å². The van der Waals surface area contributed by atoms with E-state index in [-0.39, 0.29) is 6.61 Å². The summed E-state index contributed by atoms with van der Waals surface area (Å²) < 4.78 is 25.7. The molecule has 1 N–H and O–H groups in total. The van der Waals surface area contributed by atoms with E-state index in [0.29, 0.717) is 11.4 Å². The Labute approximate surface area is 109 Å². The van der Waals surface area contributed by atoms with Gasteiger partial charge in [-0.3, -0.25) is 0 Å². The van der Waals surface area contributed by atoms with Gasteiger partial charge in [0.05, 0.1) is 4.90 Å². The summed E-state index contributed by atoms with van der Waals surface area (Å²) in [5.41, 5.74) is 1.04. The van der Waals surface area contributed by atoms with E-state index in [9.17, 15) is 8.42 Å². The van der Waals surface area contributed by atoms with Crippen LogP contribution >= 0.6 is 0 Å². The lowest BCUT2D eigenvalue weighted by Crippen LogP contribution is -2.28. The van der Waals surface area contributed by atoms with Crippen LogP contribution in [-0.2, 0) is 10.0 Å². The van der Waals surface area contributed by atoms with Gasteiger partial charge in [0.2, 0.25) is 10.0 Å². The zero-order valence-electron chi connectivity index (χ0n) is 11.0.